The molecule has 0 aromatic carbocycles. The van der Waals surface area contributed by atoms with E-state index in [0.717, 1.165) is 17.9 Å². The summed E-state index contributed by atoms with van der Waals surface area (Å²) in [6.07, 6.45) is 0. The fraction of sp³-hybridized carbons (Fsp3) is 0. The Morgan fingerprint density at radius 3 is 2.75 bits per heavy atom. The van der Waals surface area contributed by atoms with Gasteiger partial charge in [-0.25, -0.2) is 0 Å². The number of thiophene rings is 1. The number of hydrogen-bond donors (Lipinski definition) is 0. The highest BCUT2D eigenvalue weighted by Crippen LogP contribution is 2.34. The van der Waals surface area contributed by atoms with Crippen LogP contribution in [0.15, 0.2) is 11.4 Å². The fourth-order valence-corrected chi connectivity index (χ4v) is 3.35. The first-order valence-electron chi connectivity index (χ1n) is 3.00. The number of halogens is 2. The van der Waals surface area contributed by atoms with Crippen LogP contribution in [0.4, 0.5) is 0 Å². The summed E-state index contributed by atoms with van der Waals surface area (Å²) in [6, 6.07) is 1.87. The number of aromatic nitrogens is 2. The van der Waals surface area contributed by atoms with E-state index in [1.807, 2.05) is 11.4 Å². The number of hydrogen-bond acceptors (Lipinski definition) is 4. The van der Waals surface area contributed by atoms with Crippen molar-refractivity contribution in [1.29, 1.82) is 0 Å². The summed E-state index contributed by atoms with van der Waals surface area (Å²) < 4.78 is 0.937. The minimum atomic E-state index is 0.757. The Balaban J connectivity index is 2.50. The molecule has 6 heteroatoms. The van der Waals surface area contributed by atoms with Gasteiger partial charge in [0.2, 0.25) is 0 Å². The highest BCUT2D eigenvalue weighted by Gasteiger charge is 2.09. The molecule has 62 valence electrons. The molecule has 0 spiro atoms. The van der Waals surface area contributed by atoms with E-state index in [0.29, 0.717) is 0 Å². The van der Waals surface area contributed by atoms with Gasteiger partial charge in [0.25, 0.3) is 0 Å². The molecule has 0 unspecified atom stereocenters. The quantitative estimate of drug-likeness (QED) is 0.749. The molecular weight excluding hydrogens is 327 g/mol. The maximum Gasteiger partial charge on any atom is 0.178 e. The Bertz CT molecular complexity index is 398. The van der Waals surface area contributed by atoms with Crippen molar-refractivity contribution in [2.45, 2.75) is 0 Å². The standard InChI is InChI=1S/C6H2ClIN2S2/c7-3-1-2-11-4(3)5-9-10-6(8)12-5/h1-2H. The van der Waals surface area contributed by atoms with Gasteiger partial charge in [-0.1, -0.05) is 22.9 Å². The molecule has 0 amide bonds. The molecule has 2 heterocycles. The SMILES string of the molecule is Clc1ccsc1-c1nnc(I)s1. The molecule has 0 aliphatic heterocycles. The van der Waals surface area contributed by atoms with E-state index in [9.17, 15) is 0 Å². The third-order valence-electron chi connectivity index (χ3n) is 1.21. The van der Waals surface area contributed by atoms with Crippen molar-refractivity contribution in [3.63, 3.8) is 0 Å². The first kappa shape index (κ1) is 8.86. The van der Waals surface area contributed by atoms with Gasteiger partial charge in [0.1, 0.15) is 0 Å². The van der Waals surface area contributed by atoms with Crippen molar-refractivity contribution in [3.8, 4) is 9.88 Å². The monoisotopic (exact) mass is 328 g/mol. The zero-order chi connectivity index (χ0) is 8.55. The minimum Gasteiger partial charge on any atom is -0.140 e. The Hall–Kier alpha value is 0.280. The van der Waals surface area contributed by atoms with Gasteiger partial charge in [0.15, 0.2) is 8.02 Å². The van der Waals surface area contributed by atoms with Gasteiger partial charge in [-0.15, -0.1) is 21.5 Å². The van der Waals surface area contributed by atoms with Gasteiger partial charge in [-0.3, -0.25) is 0 Å². The third kappa shape index (κ3) is 1.63. The lowest BCUT2D eigenvalue weighted by Crippen LogP contribution is -1.71. The van der Waals surface area contributed by atoms with Crippen molar-refractivity contribution >= 4 is 56.9 Å². The molecule has 0 saturated heterocycles. The molecule has 2 aromatic heterocycles. The predicted molar refractivity (Wildman–Crippen MR) is 60.9 cm³/mol. The highest BCUT2D eigenvalue weighted by molar-refractivity contribution is 14.1. The van der Waals surface area contributed by atoms with Crippen LogP contribution in [0.3, 0.4) is 0 Å². The molecule has 2 rings (SSSR count). The summed E-state index contributed by atoms with van der Waals surface area (Å²) >= 11 is 11.2. The van der Waals surface area contributed by atoms with Crippen molar-refractivity contribution in [2.75, 3.05) is 0 Å². The summed E-state index contributed by atoms with van der Waals surface area (Å²) in [6.45, 7) is 0. The second-order valence-electron chi connectivity index (χ2n) is 1.96. The Kier molecular flexibility index (Phi) is 2.63. The van der Waals surface area contributed by atoms with Crippen LogP contribution in [-0.4, -0.2) is 10.2 Å². The normalized spacial score (nSPS) is 10.5. The van der Waals surface area contributed by atoms with Crippen LogP contribution in [0.25, 0.3) is 9.88 Å². The largest absolute Gasteiger partial charge is 0.178 e. The molecule has 2 aromatic rings. The number of nitrogens with zero attached hydrogens (tertiary/aromatic N) is 2. The summed E-state index contributed by atoms with van der Waals surface area (Å²) in [4.78, 5) is 1.01. The second-order valence-corrected chi connectivity index (χ2v) is 6.01. The van der Waals surface area contributed by atoms with Crippen molar-refractivity contribution < 1.29 is 0 Å². The second kappa shape index (κ2) is 3.57. The minimum absolute atomic E-state index is 0.757. The van der Waals surface area contributed by atoms with Crippen LogP contribution in [0.5, 0.6) is 0 Å². The zero-order valence-electron chi connectivity index (χ0n) is 5.62. The summed E-state index contributed by atoms with van der Waals surface area (Å²) in [5, 5.41) is 11.5. The van der Waals surface area contributed by atoms with Crippen LogP contribution < -0.4 is 0 Å². The smallest absolute Gasteiger partial charge is 0.140 e. The molecule has 0 atom stereocenters. The average molecular weight is 329 g/mol. The van der Waals surface area contributed by atoms with Crippen LogP contribution in [0, 0.1) is 3.01 Å². The van der Waals surface area contributed by atoms with Gasteiger partial charge in [0.05, 0.1) is 9.90 Å². The molecule has 0 N–H and O–H groups in total. The van der Waals surface area contributed by atoms with Crippen LogP contribution in [0.2, 0.25) is 5.02 Å². The average Bonchev–Trinajstić information content (AvgIpc) is 2.58. The molecule has 0 radical (unpaired) electrons. The van der Waals surface area contributed by atoms with Crippen molar-refractivity contribution in [3.05, 3.63) is 19.5 Å². The van der Waals surface area contributed by atoms with E-state index >= 15 is 0 Å². The van der Waals surface area contributed by atoms with E-state index in [1.165, 1.54) is 0 Å². The maximum atomic E-state index is 5.93. The zero-order valence-corrected chi connectivity index (χ0v) is 10.2. The van der Waals surface area contributed by atoms with E-state index in [-0.39, 0.29) is 0 Å². The molecule has 0 saturated carbocycles. The Labute approximate surface area is 95.7 Å². The van der Waals surface area contributed by atoms with Crippen LogP contribution in [0.1, 0.15) is 0 Å². The first-order valence-corrected chi connectivity index (χ1v) is 6.15. The Morgan fingerprint density at radius 1 is 1.42 bits per heavy atom. The van der Waals surface area contributed by atoms with E-state index in [1.54, 1.807) is 22.7 Å². The molecule has 0 aliphatic carbocycles. The maximum absolute atomic E-state index is 5.93. The summed E-state index contributed by atoms with van der Waals surface area (Å²) in [5.41, 5.74) is 0. The molecule has 12 heavy (non-hydrogen) atoms. The molecule has 2 nitrogen and oxygen atoms in total. The van der Waals surface area contributed by atoms with Crippen molar-refractivity contribution in [2.24, 2.45) is 0 Å². The van der Waals surface area contributed by atoms with Gasteiger partial charge in [-0.05, 0) is 34.0 Å². The summed E-state index contributed by atoms with van der Waals surface area (Å²) in [5.74, 6) is 0. The van der Waals surface area contributed by atoms with Gasteiger partial charge in [0, 0.05) is 0 Å². The third-order valence-corrected chi connectivity index (χ3v) is 4.29. The Morgan fingerprint density at radius 2 is 2.25 bits per heavy atom. The van der Waals surface area contributed by atoms with E-state index in [4.69, 9.17) is 11.6 Å². The fourth-order valence-electron chi connectivity index (χ4n) is 0.743. The van der Waals surface area contributed by atoms with E-state index in [2.05, 4.69) is 32.8 Å². The number of rotatable bonds is 1. The van der Waals surface area contributed by atoms with Crippen LogP contribution >= 0.6 is 56.9 Å². The molecule has 0 fully saturated rings. The molecule has 0 bridgehead atoms. The lowest BCUT2D eigenvalue weighted by atomic mass is 10.5. The topological polar surface area (TPSA) is 25.8 Å². The van der Waals surface area contributed by atoms with Gasteiger partial charge in [-0.2, -0.15) is 0 Å². The lowest BCUT2D eigenvalue weighted by Gasteiger charge is -1.86. The van der Waals surface area contributed by atoms with Gasteiger partial charge < -0.3 is 0 Å². The van der Waals surface area contributed by atoms with Gasteiger partial charge >= 0.3 is 0 Å². The molecular formula is C6H2ClIN2S2. The van der Waals surface area contributed by atoms with Crippen molar-refractivity contribution in [1.82, 2.24) is 10.2 Å². The first-order chi connectivity index (χ1) is 5.77. The predicted octanol–water partition coefficient (Wildman–Crippen LogP) is 3.52. The molecule has 0 aliphatic rings. The van der Waals surface area contributed by atoms with Crippen LogP contribution in [-0.2, 0) is 0 Å². The lowest BCUT2D eigenvalue weighted by molar-refractivity contribution is 1.08. The van der Waals surface area contributed by atoms with E-state index < -0.39 is 0 Å². The summed E-state index contributed by atoms with van der Waals surface area (Å²) in [7, 11) is 0. The highest BCUT2D eigenvalue weighted by atomic mass is 127.